The van der Waals surface area contributed by atoms with Crippen LogP contribution in [0, 0.1) is 28.6 Å². The molecule has 178 valence electrons. The molecule has 0 aliphatic heterocycles. The van der Waals surface area contributed by atoms with Crippen LogP contribution < -0.4 is 0 Å². The van der Waals surface area contributed by atoms with Crippen LogP contribution in [-0.2, 0) is 33.4 Å². The van der Waals surface area contributed by atoms with Crippen molar-refractivity contribution in [2.24, 2.45) is 28.6 Å². The van der Waals surface area contributed by atoms with E-state index in [-0.39, 0.29) is 36.4 Å². The SMILES string of the molecule is CC(=O)O[C@H]1C[C@@]2(C)[C@@H](CC[C@]2(OC(C)=O)C(=O)C(=O)O)[C@@H]2CCC3=CC(=O)C=C[C@]3(C)[C@H]21. The highest BCUT2D eigenvalue weighted by Crippen LogP contribution is 2.68. The van der Waals surface area contributed by atoms with Gasteiger partial charge in [-0.1, -0.05) is 25.5 Å². The summed E-state index contributed by atoms with van der Waals surface area (Å²) in [6.45, 7) is 6.34. The Bertz CT molecular complexity index is 1010. The Hall–Kier alpha value is -2.77. The van der Waals surface area contributed by atoms with Gasteiger partial charge in [0.1, 0.15) is 6.10 Å². The average Bonchev–Trinajstić information content (AvgIpc) is 2.99. The first-order valence-electron chi connectivity index (χ1n) is 11.4. The predicted molar refractivity (Wildman–Crippen MR) is 115 cm³/mol. The standard InChI is InChI=1S/C25H30O8/c1-13(26)32-19-12-24(4)18(8-10-25(24,33-14(2)27)21(29)22(30)31)17-6-5-15-11-16(28)7-9-23(15,3)20(17)19/h7,9,11,17-20H,5-6,8,10,12H2,1-4H3,(H,30,31)/t17-,18-,19-,20+,23-,24-,25-/m0/s1. The van der Waals surface area contributed by atoms with Crippen LogP contribution in [0.5, 0.6) is 0 Å². The Morgan fingerprint density at radius 1 is 1.09 bits per heavy atom. The smallest absolute Gasteiger partial charge is 0.376 e. The van der Waals surface area contributed by atoms with E-state index in [9.17, 15) is 29.1 Å². The van der Waals surface area contributed by atoms with E-state index in [1.165, 1.54) is 13.8 Å². The van der Waals surface area contributed by atoms with Gasteiger partial charge in [0.05, 0.1) is 0 Å². The lowest BCUT2D eigenvalue weighted by atomic mass is 9.46. The number of fused-ring (bicyclic) bond motifs is 5. The molecule has 8 nitrogen and oxygen atoms in total. The van der Waals surface area contributed by atoms with Crippen molar-refractivity contribution < 1.29 is 38.6 Å². The summed E-state index contributed by atoms with van der Waals surface area (Å²) in [5.74, 6) is -4.28. The molecular formula is C25H30O8. The quantitative estimate of drug-likeness (QED) is 0.504. The van der Waals surface area contributed by atoms with E-state index in [1.54, 1.807) is 19.1 Å². The normalized spacial score (nSPS) is 41.2. The Kier molecular flexibility index (Phi) is 5.41. The Balaban J connectivity index is 1.85. The van der Waals surface area contributed by atoms with Crippen LogP contribution in [0.1, 0.15) is 59.8 Å². The van der Waals surface area contributed by atoms with Crippen LogP contribution in [0.3, 0.4) is 0 Å². The fourth-order valence-corrected chi connectivity index (χ4v) is 7.61. The largest absolute Gasteiger partial charge is 0.475 e. The number of Topliss-reactive ketones (excluding diaryl/α,β-unsaturated/α-hetero) is 1. The first-order valence-corrected chi connectivity index (χ1v) is 11.4. The summed E-state index contributed by atoms with van der Waals surface area (Å²) >= 11 is 0. The van der Waals surface area contributed by atoms with Gasteiger partial charge in [0.2, 0.25) is 0 Å². The Labute approximate surface area is 192 Å². The molecule has 0 aromatic heterocycles. The second kappa shape index (κ2) is 7.64. The third-order valence-corrected chi connectivity index (χ3v) is 8.79. The summed E-state index contributed by atoms with van der Waals surface area (Å²) in [6.07, 6.45) is 6.71. The maximum Gasteiger partial charge on any atom is 0.376 e. The van der Waals surface area contributed by atoms with Crippen LogP contribution in [0.2, 0.25) is 0 Å². The number of ether oxygens (including phenoxy) is 2. The molecule has 0 aromatic rings. The number of carbonyl (C=O) groups excluding carboxylic acids is 4. The molecular weight excluding hydrogens is 428 g/mol. The molecule has 33 heavy (non-hydrogen) atoms. The molecule has 0 radical (unpaired) electrons. The number of aliphatic carboxylic acids is 1. The summed E-state index contributed by atoms with van der Waals surface area (Å²) in [4.78, 5) is 61.1. The molecule has 8 heteroatoms. The van der Waals surface area contributed by atoms with E-state index in [2.05, 4.69) is 6.92 Å². The van der Waals surface area contributed by atoms with Gasteiger partial charge in [-0.3, -0.25) is 19.2 Å². The van der Waals surface area contributed by atoms with Gasteiger partial charge in [-0.2, -0.15) is 0 Å². The number of esters is 2. The van der Waals surface area contributed by atoms with Crippen molar-refractivity contribution in [3.63, 3.8) is 0 Å². The molecule has 3 fully saturated rings. The molecule has 1 N–H and O–H groups in total. The molecule has 0 heterocycles. The minimum Gasteiger partial charge on any atom is -0.475 e. The van der Waals surface area contributed by atoms with Crippen molar-refractivity contribution >= 4 is 29.5 Å². The average molecular weight is 459 g/mol. The van der Waals surface area contributed by atoms with E-state index in [0.717, 1.165) is 5.57 Å². The van der Waals surface area contributed by atoms with E-state index < -0.39 is 46.2 Å². The lowest BCUT2D eigenvalue weighted by Gasteiger charge is -2.60. The summed E-state index contributed by atoms with van der Waals surface area (Å²) in [5, 5.41) is 9.61. The maximum atomic E-state index is 13.0. The molecule has 0 amide bonds. The summed E-state index contributed by atoms with van der Waals surface area (Å²) in [5.41, 5.74) is -2.32. The third-order valence-electron chi connectivity index (χ3n) is 8.79. The number of hydrogen-bond acceptors (Lipinski definition) is 7. The predicted octanol–water partition coefficient (Wildman–Crippen LogP) is 2.79. The van der Waals surface area contributed by atoms with Crippen LogP contribution in [0.25, 0.3) is 0 Å². The summed E-state index contributed by atoms with van der Waals surface area (Å²) in [7, 11) is 0. The molecule has 0 bridgehead atoms. The monoisotopic (exact) mass is 458 g/mol. The second-order valence-electron chi connectivity index (χ2n) is 10.4. The van der Waals surface area contributed by atoms with Crippen molar-refractivity contribution in [3.8, 4) is 0 Å². The highest BCUT2D eigenvalue weighted by molar-refractivity contribution is 6.36. The number of ketones is 2. The Morgan fingerprint density at radius 3 is 2.39 bits per heavy atom. The molecule has 0 spiro atoms. The highest BCUT2D eigenvalue weighted by Gasteiger charge is 2.72. The third kappa shape index (κ3) is 3.28. The number of hydrogen-bond donors (Lipinski definition) is 1. The van der Waals surface area contributed by atoms with E-state index in [4.69, 9.17) is 9.47 Å². The molecule has 4 aliphatic rings. The maximum absolute atomic E-state index is 13.0. The molecule has 3 saturated carbocycles. The molecule has 0 saturated heterocycles. The van der Waals surface area contributed by atoms with Gasteiger partial charge in [0, 0.05) is 30.6 Å². The minimum absolute atomic E-state index is 0.00729. The zero-order valence-electron chi connectivity index (χ0n) is 19.4. The summed E-state index contributed by atoms with van der Waals surface area (Å²) < 4.78 is 11.4. The topological polar surface area (TPSA) is 124 Å². The van der Waals surface area contributed by atoms with Crippen LogP contribution in [0.15, 0.2) is 23.8 Å². The van der Waals surface area contributed by atoms with Crippen molar-refractivity contribution in [1.29, 1.82) is 0 Å². The minimum atomic E-state index is -1.81. The zero-order chi connectivity index (χ0) is 24.3. The highest BCUT2D eigenvalue weighted by atomic mass is 16.6. The molecule has 4 rings (SSSR count). The van der Waals surface area contributed by atoms with E-state index in [0.29, 0.717) is 19.3 Å². The van der Waals surface area contributed by atoms with Gasteiger partial charge in [-0.25, -0.2) is 4.79 Å². The number of carboxylic acid groups (broad SMARTS) is 1. The first-order chi connectivity index (χ1) is 15.4. The fraction of sp³-hybridized carbons (Fsp3) is 0.640. The van der Waals surface area contributed by atoms with Crippen molar-refractivity contribution in [2.75, 3.05) is 0 Å². The fourth-order valence-electron chi connectivity index (χ4n) is 7.61. The van der Waals surface area contributed by atoms with Crippen molar-refractivity contribution in [3.05, 3.63) is 23.8 Å². The number of carboxylic acids is 1. The number of carbonyl (C=O) groups is 5. The van der Waals surface area contributed by atoms with Gasteiger partial charge >= 0.3 is 17.9 Å². The van der Waals surface area contributed by atoms with Crippen LogP contribution >= 0.6 is 0 Å². The van der Waals surface area contributed by atoms with Gasteiger partial charge in [-0.05, 0) is 56.1 Å². The van der Waals surface area contributed by atoms with Crippen LogP contribution in [-0.4, -0.2) is 46.3 Å². The molecule has 0 aromatic carbocycles. The zero-order valence-corrected chi connectivity index (χ0v) is 19.4. The van der Waals surface area contributed by atoms with E-state index in [1.807, 2.05) is 6.08 Å². The molecule has 4 aliphatic carbocycles. The summed E-state index contributed by atoms with van der Waals surface area (Å²) in [6, 6.07) is 0. The second-order valence-corrected chi connectivity index (χ2v) is 10.4. The molecule has 7 atom stereocenters. The van der Waals surface area contributed by atoms with E-state index >= 15 is 0 Å². The first kappa shape index (κ1) is 23.4. The van der Waals surface area contributed by atoms with Crippen molar-refractivity contribution in [1.82, 2.24) is 0 Å². The lowest BCUT2D eigenvalue weighted by molar-refractivity contribution is -0.205. The Morgan fingerprint density at radius 2 is 1.79 bits per heavy atom. The number of rotatable bonds is 4. The van der Waals surface area contributed by atoms with Gasteiger partial charge in [-0.15, -0.1) is 0 Å². The van der Waals surface area contributed by atoms with Gasteiger partial charge < -0.3 is 14.6 Å². The number of allylic oxidation sites excluding steroid dienone is 4. The van der Waals surface area contributed by atoms with Crippen LogP contribution in [0.4, 0.5) is 0 Å². The van der Waals surface area contributed by atoms with Crippen molar-refractivity contribution in [2.45, 2.75) is 71.5 Å². The molecule has 0 unspecified atom stereocenters. The van der Waals surface area contributed by atoms with Gasteiger partial charge in [0.25, 0.3) is 5.78 Å². The lowest BCUT2D eigenvalue weighted by Crippen LogP contribution is -2.63. The van der Waals surface area contributed by atoms with Gasteiger partial charge in [0.15, 0.2) is 11.4 Å².